The van der Waals surface area contributed by atoms with Crippen molar-refractivity contribution >= 4 is 11.3 Å². The van der Waals surface area contributed by atoms with Crippen molar-refractivity contribution in [1.82, 2.24) is 10.3 Å². The van der Waals surface area contributed by atoms with Crippen LogP contribution in [0.25, 0.3) is 0 Å². The zero-order valence-electron chi connectivity index (χ0n) is 12.5. The molecule has 0 aliphatic carbocycles. The van der Waals surface area contributed by atoms with E-state index in [0.29, 0.717) is 0 Å². The molecule has 0 saturated heterocycles. The lowest BCUT2D eigenvalue weighted by molar-refractivity contribution is 0.0730. The van der Waals surface area contributed by atoms with Crippen LogP contribution < -0.4 is 5.32 Å². The first-order chi connectivity index (χ1) is 9.61. The van der Waals surface area contributed by atoms with Crippen molar-refractivity contribution < 1.29 is 4.74 Å². The summed E-state index contributed by atoms with van der Waals surface area (Å²) in [5, 5.41) is 4.67. The monoisotopic (exact) mass is 290 g/mol. The molecule has 1 aromatic heterocycles. The van der Waals surface area contributed by atoms with E-state index in [1.54, 1.807) is 18.4 Å². The summed E-state index contributed by atoms with van der Waals surface area (Å²) in [6.45, 7) is 7.11. The van der Waals surface area contributed by atoms with Crippen molar-refractivity contribution in [3.05, 3.63) is 51.5 Å². The maximum Gasteiger partial charge on any atom is 0.0971 e. The molecule has 108 valence electrons. The highest BCUT2D eigenvalue weighted by molar-refractivity contribution is 7.11. The lowest BCUT2D eigenvalue weighted by Gasteiger charge is -2.24. The van der Waals surface area contributed by atoms with E-state index in [-0.39, 0.29) is 12.1 Å². The average Bonchev–Trinajstić information content (AvgIpc) is 2.77. The first-order valence-electron chi connectivity index (χ1n) is 6.86. The number of nitrogens with one attached hydrogen (secondary N) is 1. The van der Waals surface area contributed by atoms with Gasteiger partial charge in [0.25, 0.3) is 0 Å². The van der Waals surface area contributed by atoms with Crippen LogP contribution >= 0.6 is 11.3 Å². The van der Waals surface area contributed by atoms with E-state index in [2.05, 4.69) is 36.3 Å². The number of methoxy groups -OCH3 is 1. The van der Waals surface area contributed by atoms with Gasteiger partial charge in [-0.25, -0.2) is 4.98 Å². The molecule has 3 nitrogen and oxygen atoms in total. The Bertz CT molecular complexity index is 539. The summed E-state index contributed by atoms with van der Waals surface area (Å²) >= 11 is 1.76. The van der Waals surface area contributed by atoms with Crippen LogP contribution in [-0.2, 0) is 11.3 Å². The number of nitrogens with zero attached hydrogens (tertiary/aromatic N) is 1. The Hall–Kier alpha value is -1.23. The van der Waals surface area contributed by atoms with Crippen LogP contribution in [0.5, 0.6) is 0 Å². The summed E-state index contributed by atoms with van der Waals surface area (Å²) in [5.74, 6) is 0. The van der Waals surface area contributed by atoms with E-state index in [1.807, 2.05) is 25.1 Å². The van der Waals surface area contributed by atoms with Gasteiger partial charge in [0.15, 0.2) is 0 Å². The van der Waals surface area contributed by atoms with Gasteiger partial charge in [-0.1, -0.05) is 30.3 Å². The Morgan fingerprint density at radius 2 is 1.95 bits per heavy atom. The van der Waals surface area contributed by atoms with Crippen LogP contribution in [0.3, 0.4) is 0 Å². The van der Waals surface area contributed by atoms with Crippen molar-refractivity contribution in [2.75, 3.05) is 7.11 Å². The maximum atomic E-state index is 5.65. The molecule has 2 aromatic rings. The molecule has 0 amide bonds. The number of hydrogen-bond acceptors (Lipinski definition) is 4. The van der Waals surface area contributed by atoms with Crippen LogP contribution in [0, 0.1) is 13.8 Å². The smallest absolute Gasteiger partial charge is 0.0971 e. The topological polar surface area (TPSA) is 34.1 Å². The molecule has 1 heterocycles. The largest absolute Gasteiger partial charge is 0.375 e. The van der Waals surface area contributed by atoms with Crippen molar-refractivity contribution in [1.29, 1.82) is 0 Å². The van der Waals surface area contributed by atoms with E-state index in [1.165, 1.54) is 10.4 Å². The van der Waals surface area contributed by atoms with Gasteiger partial charge >= 0.3 is 0 Å². The average molecular weight is 290 g/mol. The number of benzene rings is 1. The standard InChI is InChI=1S/C16H22N2OS/c1-11-15(20-13(3)18-11)10-17-12(2)16(19-4)14-8-6-5-7-9-14/h5-9,12,16-17H,10H2,1-4H3/t12-,16+/m1/s1. The van der Waals surface area contributed by atoms with Crippen LogP contribution in [0.1, 0.15) is 34.2 Å². The van der Waals surface area contributed by atoms with Gasteiger partial charge in [-0.2, -0.15) is 0 Å². The first-order valence-corrected chi connectivity index (χ1v) is 7.67. The lowest BCUT2D eigenvalue weighted by Crippen LogP contribution is -2.32. The normalized spacial score (nSPS) is 14.2. The van der Waals surface area contributed by atoms with Crippen LogP contribution in [-0.4, -0.2) is 18.1 Å². The molecule has 1 aromatic carbocycles. The van der Waals surface area contributed by atoms with E-state index in [9.17, 15) is 0 Å². The number of aromatic nitrogens is 1. The zero-order valence-corrected chi connectivity index (χ0v) is 13.3. The molecule has 0 aliphatic rings. The molecule has 0 radical (unpaired) electrons. The number of aryl methyl sites for hydroxylation is 2. The predicted molar refractivity (Wildman–Crippen MR) is 84.1 cm³/mol. The van der Waals surface area contributed by atoms with Crippen molar-refractivity contribution in [3.63, 3.8) is 0 Å². The fourth-order valence-electron chi connectivity index (χ4n) is 2.37. The quantitative estimate of drug-likeness (QED) is 0.882. The van der Waals surface area contributed by atoms with Gasteiger partial charge in [-0.15, -0.1) is 11.3 Å². The molecule has 1 N–H and O–H groups in total. The first kappa shape index (κ1) is 15.2. The highest BCUT2D eigenvalue weighted by atomic mass is 32.1. The van der Waals surface area contributed by atoms with E-state index >= 15 is 0 Å². The maximum absolute atomic E-state index is 5.65. The molecule has 0 spiro atoms. The number of ether oxygens (including phenoxy) is 1. The van der Waals surface area contributed by atoms with E-state index < -0.39 is 0 Å². The Morgan fingerprint density at radius 1 is 1.25 bits per heavy atom. The lowest BCUT2D eigenvalue weighted by atomic mass is 10.0. The highest BCUT2D eigenvalue weighted by Gasteiger charge is 2.18. The Morgan fingerprint density at radius 3 is 2.50 bits per heavy atom. The minimum Gasteiger partial charge on any atom is -0.375 e. The van der Waals surface area contributed by atoms with Gasteiger partial charge in [0.2, 0.25) is 0 Å². The summed E-state index contributed by atoms with van der Waals surface area (Å²) in [4.78, 5) is 5.76. The summed E-state index contributed by atoms with van der Waals surface area (Å²) in [6, 6.07) is 10.6. The van der Waals surface area contributed by atoms with Crippen molar-refractivity contribution in [2.45, 2.75) is 39.5 Å². The summed E-state index contributed by atoms with van der Waals surface area (Å²) in [5.41, 5.74) is 2.33. The van der Waals surface area contributed by atoms with Crippen LogP contribution in [0.15, 0.2) is 30.3 Å². The van der Waals surface area contributed by atoms with Crippen LogP contribution in [0.2, 0.25) is 0 Å². The van der Waals surface area contributed by atoms with Gasteiger partial charge in [0.1, 0.15) is 0 Å². The van der Waals surface area contributed by atoms with Gasteiger partial charge in [-0.05, 0) is 26.3 Å². The molecule has 0 saturated carbocycles. The summed E-state index contributed by atoms with van der Waals surface area (Å²) in [7, 11) is 1.76. The second-order valence-corrected chi connectivity index (χ2v) is 6.27. The second-order valence-electron chi connectivity index (χ2n) is 4.98. The Kier molecular flexibility index (Phi) is 5.29. The molecule has 4 heteroatoms. The Labute approximate surface area is 125 Å². The minimum absolute atomic E-state index is 0.0607. The summed E-state index contributed by atoms with van der Waals surface area (Å²) in [6.07, 6.45) is 0.0607. The number of rotatable bonds is 6. The molecule has 0 aliphatic heterocycles. The minimum atomic E-state index is 0.0607. The van der Waals surface area contributed by atoms with Crippen molar-refractivity contribution in [3.8, 4) is 0 Å². The van der Waals surface area contributed by atoms with Gasteiger partial charge < -0.3 is 10.1 Å². The third kappa shape index (κ3) is 3.66. The molecule has 2 rings (SSSR count). The SMILES string of the molecule is CO[C@H](c1ccccc1)[C@@H](C)NCc1sc(C)nc1C. The molecule has 20 heavy (non-hydrogen) atoms. The molecular weight excluding hydrogens is 268 g/mol. The fourth-order valence-corrected chi connectivity index (χ4v) is 3.26. The third-order valence-electron chi connectivity index (χ3n) is 3.42. The molecule has 0 unspecified atom stereocenters. The van der Waals surface area contributed by atoms with Gasteiger partial charge in [0.05, 0.1) is 16.8 Å². The molecule has 2 atom stereocenters. The molecule has 0 fully saturated rings. The van der Waals surface area contributed by atoms with Gasteiger partial charge in [-0.3, -0.25) is 0 Å². The number of hydrogen-bond donors (Lipinski definition) is 1. The number of thiazole rings is 1. The molecule has 0 bridgehead atoms. The van der Waals surface area contributed by atoms with E-state index in [0.717, 1.165) is 17.2 Å². The van der Waals surface area contributed by atoms with Crippen molar-refractivity contribution in [2.24, 2.45) is 0 Å². The predicted octanol–water partition coefficient (Wildman–Crippen LogP) is 3.63. The molecular formula is C16H22N2OS. The van der Waals surface area contributed by atoms with Crippen LogP contribution in [0.4, 0.5) is 0 Å². The Balaban J connectivity index is 2.00. The van der Waals surface area contributed by atoms with Gasteiger partial charge in [0, 0.05) is 24.6 Å². The van der Waals surface area contributed by atoms with E-state index in [4.69, 9.17) is 4.74 Å². The fraction of sp³-hybridized carbons (Fsp3) is 0.438. The summed E-state index contributed by atoms with van der Waals surface area (Å²) < 4.78 is 5.65. The second kappa shape index (κ2) is 6.97. The highest BCUT2D eigenvalue weighted by Crippen LogP contribution is 2.22. The third-order valence-corrected chi connectivity index (χ3v) is 4.49. The zero-order chi connectivity index (χ0) is 14.5.